The number of amides is 3. The topological polar surface area (TPSA) is 83.1 Å². The largest absolute Gasteiger partial charge is 0.341 e. The smallest absolute Gasteiger partial charge is 0.318 e. The Labute approximate surface area is 128 Å². The van der Waals surface area contributed by atoms with Crippen molar-refractivity contribution in [2.45, 2.75) is 0 Å². The maximum atomic E-state index is 11.8. The number of nitrogens with zero attached hydrogens (tertiary/aromatic N) is 1. The molecule has 2 rings (SSSR count). The zero-order valence-electron chi connectivity index (χ0n) is 12.0. The van der Waals surface area contributed by atoms with Crippen molar-refractivity contribution in [3.8, 4) is 0 Å². The van der Waals surface area contributed by atoms with Gasteiger partial charge >= 0.3 is 6.03 Å². The van der Waals surface area contributed by atoms with Gasteiger partial charge < -0.3 is 16.0 Å². The predicted molar refractivity (Wildman–Crippen MR) is 86.4 cm³/mol. The van der Waals surface area contributed by atoms with E-state index in [0.717, 1.165) is 5.56 Å². The van der Waals surface area contributed by atoms with Crippen molar-refractivity contribution < 1.29 is 9.59 Å². The second-order valence-electron chi connectivity index (χ2n) is 4.39. The summed E-state index contributed by atoms with van der Waals surface area (Å²) in [5.41, 5.74) is 2.13. The van der Waals surface area contributed by atoms with Gasteiger partial charge in [0.2, 0.25) is 5.91 Å². The van der Waals surface area contributed by atoms with Crippen LogP contribution >= 0.6 is 0 Å². The average molecular weight is 296 g/mol. The number of rotatable bonds is 4. The van der Waals surface area contributed by atoms with Crippen LogP contribution in [0.15, 0.2) is 54.9 Å². The third-order valence-corrected chi connectivity index (χ3v) is 2.75. The molecule has 0 saturated carbocycles. The molecule has 1 aromatic carbocycles. The van der Waals surface area contributed by atoms with E-state index in [0.29, 0.717) is 11.4 Å². The monoisotopic (exact) mass is 296 g/mol. The first-order chi connectivity index (χ1) is 10.7. The van der Waals surface area contributed by atoms with Gasteiger partial charge in [0.05, 0.1) is 0 Å². The standard InChI is InChI=1S/C16H16N4O2/c1-17-16(22)20-14-7-5-13(6-8-14)19-15(21)9-4-12-3-2-10-18-11-12/h2-11H,1H3,(H,19,21)(H2,17,20,22)/b9-4+. The molecule has 3 amide bonds. The van der Waals surface area contributed by atoms with Crippen molar-refractivity contribution in [3.63, 3.8) is 0 Å². The van der Waals surface area contributed by atoms with E-state index in [1.165, 1.54) is 6.08 Å². The molecule has 0 spiro atoms. The van der Waals surface area contributed by atoms with Crippen LogP contribution in [0.25, 0.3) is 6.08 Å². The molecule has 0 aliphatic carbocycles. The number of benzene rings is 1. The van der Waals surface area contributed by atoms with Crippen LogP contribution in [0, 0.1) is 0 Å². The molecule has 1 aromatic heterocycles. The van der Waals surface area contributed by atoms with Gasteiger partial charge in [-0.2, -0.15) is 0 Å². The Morgan fingerprint density at radius 3 is 2.32 bits per heavy atom. The van der Waals surface area contributed by atoms with Crippen molar-refractivity contribution in [1.82, 2.24) is 10.3 Å². The van der Waals surface area contributed by atoms with Crippen molar-refractivity contribution >= 4 is 29.4 Å². The second-order valence-corrected chi connectivity index (χ2v) is 4.39. The third kappa shape index (κ3) is 4.75. The molecule has 6 heteroatoms. The average Bonchev–Trinajstić information content (AvgIpc) is 2.55. The van der Waals surface area contributed by atoms with Gasteiger partial charge in [0.25, 0.3) is 0 Å². The molecule has 112 valence electrons. The van der Waals surface area contributed by atoms with E-state index in [1.54, 1.807) is 55.8 Å². The third-order valence-electron chi connectivity index (χ3n) is 2.75. The number of anilines is 2. The van der Waals surface area contributed by atoms with Crippen LogP contribution in [-0.4, -0.2) is 24.0 Å². The second kappa shape index (κ2) is 7.58. The lowest BCUT2D eigenvalue weighted by Gasteiger charge is -2.06. The van der Waals surface area contributed by atoms with E-state index in [-0.39, 0.29) is 11.9 Å². The Bertz CT molecular complexity index is 666. The van der Waals surface area contributed by atoms with Crippen molar-refractivity contribution in [3.05, 3.63) is 60.4 Å². The van der Waals surface area contributed by atoms with Crippen LogP contribution < -0.4 is 16.0 Å². The highest BCUT2D eigenvalue weighted by atomic mass is 16.2. The van der Waals surface area contributed by atoms with Crippen molar-refractivity contribution in [1.29, 1.82) is 0 Å². The summed E-state index contributed by atoms with van der Waals surface area (Å²) in [5.74, 6) is -0.240. The van der Waals surface area contributed by atoms with Crippen LogP contribution in [0.1, 0.15) is 5.56 Å². The van der Waals surface area contributed by atoms with Gasteiger partial charge in [0.1, 0.15) is 0 Å². The minimum atomic E-state index is -0.295. The van der Waals surface area contributed by atoms with E-state index in [1.807, 2.05) is 6.07 Å². The number of carbonyl (C=O) groups excluding carboxylic acids is 2. The fourth-order valence-corrected chi connectivity index (χ4v) is 1.66. The van der Waals surface area contributed by atoms with E-state index < -0.39 is 0 Å². The van der Waals surface area contributed by atoms with Crippen molar-refractivity contribution in [2.24, 2.45) is 0 Å². The molecular formula is C16H16N4O2. The quantitative estimate of drug-likeness (QED) is 0.758. The molecule has 0 bridgehead atoms. The van der Waals surface area contributed by atoms with Crippen LogP contribution in [0.5, 0.6) is 0 Å². The molecule has 3 N–H and O–H groups in total. The van der Waals surface area contributed by atoms with E-state index >= 15 is 0 Å². The van der Waals surface area contributed by atoms with Gasteiger partial charge in [-0.1, -0.05) is 6.07 Å². The van der Waals surface area contributed by atoms with Crippen molar-refractivity contribution in [2.75, 3.05) is 17.7 Å². The van der Waals surface area contributed by atoms with Gasteiger partial charge in [0.15, 0.2) is 0 Å². The van der Waals surface area contributed by atoms with Crippen LogP contribution in [0.2, 0.25) is 0 Å². The number of hydrogen-bond donors (Lipinski definition) is 3. The molecule has 0 fully saturated rings. The number of hydrogen-bond acceptors (Lipinski definition) is 3. The first-order valence-electron chi connectivity index (χ1n) is 6.65. The first kappa shape index (κ1) is 15.2. The fraction of sp³-hybridized carbons (Fsp3) is 0.0625. The summed E-state index contributed by atoms with van der Waals surface area (Å²) in [6, 6.07) is 10.2. The highest BCUT2D eigenvalue weighted by molar-refractivity contribution is 6.02. The molecule has 0 aliphatic rings. The normalized spacial score (nSPS) is 10.2. The highest BCUT2D eigenvalue weighted by Gasteiger charge is 2.00. The highest BCUT2D eigenvalue weighted by Crippen LogP contribution is 2.13. The number of urea groups is 1. The van der Waals surface area contributed by atoms with E-state index in [4.69, 9.17) is 0 Å². The van der Waals surface area contributed by atoms with Gasteiger partial charge in [-0.3, -0.25) is 9.78 Å². The minimum Gasteiger partial charge on any atom is -0.341 e. The maximum Gasteiger partial charge on any atom is 0.318 e. The number of nitrogens with one attached hydrogen (secondary N) is 3. The molecule has 0 aliphatic heterocycles. The van der Waals surface area contributed by atoms with Gasteiger partial charge in [-0.25, -0.2) is 4.79 Å². The molecule has 22 heavy (non-hydrogen) atoms. The Morgan fingerprint density at radius 1 is 1.05 bits per heavy atom. The first-order valence-corrected chi connectivity index (χ1v) is 6.65. The predicted octanol–water partition coefficient (Wildman–Crippen LogP) is 2.48. The van der Waals surface area contributed by atoms with Crippen LogP contribution in [0.3, 0.4) is 0 Å². The number of carbonyl (C=O) groups is 2. The van der Waals surface area contributed by atoms with Crippen LogP contribution in [0.4, 0.5) is 16.2 Å². The minimum absolute atomic E-state index is 0.240. The molecule has 0 radical (unpaired) electrons. The van der Waals surface area contributed by atoms with Gasteiger partial charge in [-0.15, -0.1) is 0 Å². The lowest BCUT2D eigenvalue weighted by atomic mass is 10.2. The molecule has 0 unspecified atom stereocenters. The van der Waals surface area contributed by atoms with E-state index in [9.17, 15) is 9.59 Å². The zero-order valence-corrected chi connectivity index (χ0v) is 12.0. The summed E-state index contributed by atoms with van der Waals surface area (Å²) in [7, 11) is 1.54. The summed E-state index contributed by atoms with van der Waals surface area (Å²) in [6.45, 7) is 0. The fourth-order valence-electron chi connectivity index (χ4n) is 1.66. The van der Waals surface area contributed by atoms with Crippen LogP contribution in [-0.2, 0) is 4.79 Å². The molecular weight excluding hydrogens is 280 g/mol. The lowest BCUT2D eigenvalue weighted by Crippen LogP contribution is -2.24. The summed E-state index contributed by atoms with van der Waals surface area (Å²) >= 11 is 0. The molecule has 6 nitrogen and oxygen atoms in total. The Morgan fingerprint density at radius 2 is 1.73 bits per heavy atom. The SMILES string of the molecule is CNC(=O)Nc1ccc(NC(=O)/C=C/c2cccnc2)cc1. The summed E-state index contributed by atoms with van der Waals surface area (Å²) in [5, 5.41) is 7.83. The summed E-state index contributed by atoms with van der Waals surface area (Å²) in [4.78, 5) is 26.9. The lowest BCUT2D eigenvalue weighted by molar-refractivity contribution is -0.111. The zero-order chi connectivity index (χ0) is 15.8. The summed E-state index contributed by atoms with van der Waals surface area (Å²) < 4.78 is 0. The molecule has 0 atom stereocenters. The Kier molecular flexibility index (Phi) is 5.25. The van der Waals surface area contributed by atoms with Gasteiger partial charge in [-0.05, 0) is 42.0 Å². The maximum absolute atomic E-state index is 11.8. The van der Waals surface area contributed by atoms with Gasteiger partial charge in [0, 0.05) is 36.9 Å². The molecule has 2 aromatic rings. The number of pyridine rings is 1. The summed E-state index contributed by atoms with van der Waals surface area (Å²) in [6.07, 6.45) is 6.46. The Balaban J connectivity index is 1.91. The van der Waals surface area contributed by atoms with E-state index in [2.05, 4.69) is 20.9 Å². The molecule has 1 heterocycles. The number of aromatic nitrogens is 1. The Hall–Kier alpha value is -3.15. The molecule has 0 saturated heterocycles.